The molecular formula is C17H20ClNO4. The van der Waals surface area contributed by atoms with E-state index >= 15 is 0 Å². The molecule has 0 unspecified atom stereocenters. The Hall–Kier alpha value is -2.01. The largest absolute Gasteiger partial charge is 0.469 e. The number of aromatic nitrogens is 1. The number of fused-ring (bicyclic) bond motifs is 1. The number of nitrogens with zero attached hydrogens (tertiary/aromatic N) is 1. The van der Waals surface area contributed by atoms with Crippen LogP contribution in [0.15, 0.2) is 12.1 Å². The lowest BCUT2D eigenvalue weighted by atomic mass is 10.0. The molecule has 0 N–H and O–H groups in total. The lowest BCUT2D eigenvalue weighted by Crippen LogP contribution is -2.11. The average molecular weight is 338 g/mol. The lowest BCUT2D eigenvalue weighted by molar-refractivity contribution is -0.140. The Morgan fingerprint density at radius 3 is 2.43 bits per heavy atom. The van der Waals surface area contributed by atoms with Gasteiger partial charge in [0.05, 0.1) is 19.7 Å². The van der Waals surface area contributed by atoms with Crippen LogP contribution in [0, 0.1) is 0 Å². The van der Waals surface area contributed by atoms with Crippen molar-refractivity contribution in [3.63, 3.8) is 0 Å². The van der Waals surface area contributed by atoms with Crippen molar-refractivity contribution in [3.05, 3.63) is 34.0 Å². The molecule has 124 valence electrons. The maximum absolute atomic E-state index is 12.2. The molecule has 0 amide bonds. The Bertz CT molecular complexity index is 764. The summed E-state index contributed by atoms with van der Waals surface area (Å²) in [5.74, 6) is -0.746. The summed E-state index contributed by atoms with van der Waals surface area (Å²) in [4.78, 5) is 23.7. The molecule has 0 atom stereocenters. The molecule has 0 spiro atoms. The van der Waals surface area contributed by atoms with Crippen molar-refractivity contribution < 1.29 is 19.1 Å². The number of carbonyl (C=O) groups is 2. The molecule has 0 bridgehead atoms. The minimum Gasteiger partial charge on any atom is -0.469 e. The second kappa shape index (κ2) is 7.04. The zero-order chi connectivity index (χ0) is 17.1. The Balaban J connectivity index is 2.71. The van der Waals surface area contributed by atoms with Gasteiger partial charge < -0.3 is 14.0 Å². The van der Waals surface area contributed by atoms with Crippen molar-refractivity contribution in [3.8, 4) is 0 Å². The molecule has 1 heterocycles. The molecule has 0 aliphatic rings. The highest BCUT2D eigenvalue weighted by atomic mass is 35.5. The molecule has 5 nitrogen and oxygen atoms in total. The number of carbonyl (C=O) groups excluding carboxylic acids is 2. The van der Waals surface area contributed by atoms with Gasteiger partial charge >= 0.3 is 11.9 Å². The maximum Gasteiger partial charge on any atom is 0.354 e. The van der Waals surface area contributed by atoms with Crippen molar-refractivity contribution in [2.24, 2.45) is 7.05 Å². The fraction of sp³-hybridized carbons (Fsp3) is 0.412. The van der Waals surface area contributed by atoms with Gasteiger partial charge in [0.2, 0.25) is 0 Å². The average Bonchev–Trinajstić information content (AvgIpc) is 2.84. The molecule has 23 heavy (non-hydrogen) atoms. The van der Waals surface area contributed by atoms with E-state index in [4.69, 9.17) is 21.1 Å². The number of hydrogen-bond donors (Lipinski definition) is 0. The van der Waals surface area contributed by atoms with Crippen LogP contribution in [-0.2, 0) is 34.2 Å². The molecule has 2 rings (SSSR count). The van der Waals surface area contributed by atoms with E-state index in [1.165, 1.54) is 14.2 Å². The maximum atomic E-state index is 12.2. The van der Waals surface area contributed by atoms with Gasteiger partial charge in [-0.2, -0.15) is 0 Å². The van der Waals surface area contributed by atoms with E-state index in [1.54, 1.807) is 4.57 Å². The van der Waals surface area contributed by atoms with Gasteiger partial charge in [0, 0.05) is 23.9 Å². The van der Waals surface area contributed by atoms with Crippen molar-refractivity contribution in [1.82, 2.24) is 4.57 Å². The van der Waals surface area contributed by atoms with Crippen LogP contribution >= 0.6 is 11.6 Å². The molecule has 1 aromatic carbocycles. The number of methoxy groups -OCH3 is 2. The van der Waals surface area contributed by atoms with Gasteiger partial charge in [-0.15, -0.1) is 0 Å². The number of halogens is 1. The summed E-state index contributed by atoms with van der Waals surface area (Å²) in [5, 5.41) is 1.58. The highest BCUT2D eigenvalue weighted by molar-refractivity contribution is 6.32. The summed E-state index contributed by atoms with van der Waals surface area (Å²) in [6.45, 7) is 2.01. The van der Waals surface area contributed by atoms with E-state index in [0.29, 0.717) is 17.1 Å². The monoisotopic (exact) mass is 337 g/mol. The predicted octanol–water partition coefficient (Wildman–Crippen LogP) is 3.29. The minimum absolute atomic E-state index is 0.198. The zero-order valence-electron chi connectivity index (χ0n) is 13.7. The van der Waals surface area contributed by atoms with Crippen molar-refractivity contribution in [2.75, 3.05) is 14.2 Å². The van der Waals surface area contributed by atoms with E-state index in [2.05, 4.69) is 0 Å². The van der Waals surface area contributed by atoms with Crippen molar-refractivity contribution in [2.45, 2.75) is 26.2 Å². The number of hydrogen-bond acceptors (Lipinski definition) is 4. The normalized spacial score (nSPS) is 10.8. The van der Waals surface area contributed by atoms with E-state index in [1.807, 2.05) is 26.1 Å². The summed E-state index contributed by atoms with van der Waals surface area (Å²) in [6, 6.07) is 3.71. The highest BCUT2D eigenvalue weighted by Crippen LogP contribution is 2.33. The van der Waals surface area contributed by atoms with Crippen LogP contribution in [0.3, 0.4) is 0 Å². The highest BCUT2D eigenvalue weighted by Gasteiger charge is 2.24. The van der Waals surface area contributed by atoms with Crippen molar-refractivity contribution >= 4 is 34.4 Å². The summed E-state index contributed by atoms with van der Waals surface area (Å²) in [5.41, 5.74) is 3.11. The molecular weight excluding hydrogens is 318 g/mol. The smallest absolute Gasteiger partial charge is 0.354 e. The van der Waals surface area contributed by atoms with E-state index in [0.717, 1.165) is 28.5 Å². The van der Waals surface area contributed by atoms with E-state index in [9.17, 15) is 9.59 Å². The van der Waals surface area contributed by atoms with Gasteiger partial charge in [-0.1, -0.05) is 24.6 Å². The standard InChI is InChI=1S/C17H20ClNO4/c1-5-10-13(18)8-6-11-12(7-9-14(20)22-3)16(17(21)23-4)19(2)15(10)11/h6,8H,5,7,9H2,1-4H3. The van der Waals surface area contributed by atoms with Crippen LogP contribution < -0.4 is 0 Å². The third-order valence-corrected chi connectivity index (χ3v) is 4.40. The lowest BCUT2D eigenvalue weighted by Gasteiger charge is -2.07. The number of rotatable bonds is 5. The van der Waals surface area contributed by atoms with Gasteiger partial charge in [-0.05, 0) is 30.0 Å². The number of aryl methyl sites for hydroxylation is 3. The Kier molecular flexibility index (Phi) is 5.31. The van der Waals surface area contributed by atoms with Gasteiger partial charge in [0.15, 0.2) is 0 Å². The van der Waals surface area contributed by atoms with Crippen LogP contribution in [0.4, 0.5) is 0 Å². The second-order valence-electron chi connectivity index (χ2n) is 5.23. The van der Waals surface area contributed by atoms with Gasteiger partial charge in [0.25, 0.3) is 0 Å². The van der Waals surface area contributed by atoms with Crippen molar-refractivity contribution in [1.29, 1.82) is 0 Å². The molecule has 0 aliphatic carbocycles. The first-order valence-electron chi connectivity index (χ1n) is 7.39. The van der Waals surface area contributed by atoms with E-state index in [-0.39, 0.29) is 12.4 Å². The first-order chi connectivity index (χ1) is 11.0. The SMILES string of the molecule is CCc1c(Cl)ccc2c(CCC(=O)OC)c(C(=O)OC)n(C)c12. The quantitative estimate of drug-likeness (QED) is 0.786. The topological polar surface area (TPSA) is 57.5 Å². The van der Waals surface area contributed by atoms with Crippen LogP contribution in [0.5, 0.6) is 0 Å². The number of benzene rings is 1. The predicted molar refractivity (Wildman–Crippen MR) is 89.0 cm³/mol. The third-order valence-electron chi connectivity index (χ3n) is 4.05. The molecule has 0 fully saturated rings. The fourth-order valence-electron chi connectivity index (χ4n) is 2.96. The van der Waals surface area contributed by atoms with Crippen LogP contribution in [-0.4, -0.2) is 30.7 Å². The summed E-state index contributed by atoms with van der Waals surface area (Å²) in [6.07, 6.45) is 1.34. The molecule has 0 aliphatic heterocycles. The Labute approximate surface area is 140 Å². The zero-order valence-corrected chi connectivity index (χ0v) is 14.5. The summed E-state index contributed by atoms with van der Waals surface area (Å²) >= 11 is 6.30. The third kappa shape index (κ3) is 3.06. The Morgan fingerprint density at radius 1 is 1.17 bits per heavy atom. The van der Waals surface area contributed by atoms with Gasteiger partial charge in [-0.25, -0.2) is 4.79 Å². The van der Waals surface area contributed by atoms with Gasteiger partial charge in [-0.3, -0.25) is 4.79 Å². The molecule has 0 saturated carbocycles. The van der Waals surface area contributed by atoms with Crippen LogP contribution in [0.2, 0.25) is 5.02 Å². The second-order valence-corrected chi connectivity index (χ2v) is 5.64. The van der Waals surface area contributed by atoms with Crippen LogP contribution in [0.1, 0.15) is 35.0 Å². The fourth-order valence-corrected chi connectivity index (χ4v) is 3.24. The molecule has 0 saturated heterocycles. The minimum atomic E-state index is -0.429. The molecule has 6 heteroatoms. The molecule has 0 radical (unpaired) electrons. The number of esters is 2. The number of ether oxygens (including phenoxy) is 2. The summed E-state index contributed by atoms with van der Waals surface area (Å²) in [7, 11) is 4.51. The van der Waals surface area contributed by atoms with E-state index < -0.39 is 5.97 Å². The summed E-state index contributed by atoms with van der Waals surface area (Å²) < 4.78 is 11.4. The van der Waals surface area contributed by atoms with Crippen LogP contribution in [0.25, 0.3) is 10.9 Å². The van der Waals surface area contributed by atoms with Gasteiger partial charge in [0.1, 0.15) is 5.69 Å². The molecule has 1 aromatic heterocycles. The molecule has 2 aromatic rings. The Morgan fingerprint density at radius 2 is 1.87 bits per heavy atom. The first-order valence-corrected chi connectivity index (χ1v) is 7.77. The first kappa shape index (κ1) is 17.3.